The fourth-order valence-corrected chi connectivity index (χ4v) is 4.13. The number of thiophene rings is 1. The van der Waals surface area contributed by atoms with Crippen LogP contribution in [0, 0.1) is 6.92 Å². The molecule has 4 aromatic rings. The Morgan fingerprint density at radius 2 is 1.96 bits per heavy atom. The van der Waals surface area contributed by atoms with Gasteiger partial charge in [0.25, 0.3) is 11.5 Å². The Hall–Kier alpha value is -3.03. The van der Waals surface area contributed by atoms with Crippen molar-refractivity contribution in [2.45, 2.75) is 13.5 Å². The number of fused-ring (bicyclic) bond motifs is 1. The third-order valence-corrected chi connectivity index (χ3v) is 5.83. The molecule has 0 aliphatic rings. The molecule has 0 fully saturated rings. The average Bonchev–Trinajstić information content (AvgIpc) is 3.04. The van der Waals surface area contributed by atoms with E-state index < -0.39 is 0 Å². The van der Waals surface area contributed by atoms with Crippen LogP contribution in [0.15, 0.2) is 59.8 Å². The van der Waals surface area contributed by atoms with Crippen molar-refractivity contribution < 1.29 is 4.79 Å². The minimum Gasteiger partial charge on any atom is -0.319 e. The number of carbonyl (C=O) groups is 1. The van der Waals surface area contributed by atoms with Gasteiger partial charge >= 0.3 is 0 Å². The highest BCUT2D eigenvalue weighted by molar-refractivity contribution is 7.20. The number of hydrogen-bond acceptors (Lipinski definition) is 5. The molecule has 28 heavy (non-hydrogen) atoms. The van der Waals surface area contributed by atoms with Crippen LogP contribution >= 0.6 is 22.9 Å². The summed E-state index contributed by atoms with van der Waals surface area (Å²) in [5.41, 5.74) is 1.86. The Balaban J connectivity index is 1.71. The lowest BCUT2D eigenvalue weighted by Crippen LogP contribution is -2.21. The van der Waals surface area contributed by atoms with E-state index in [1.807, 2.05) is 30.3 Å². The van der Waals surface area contributed by atoms with Crippen LogP contribution in [0.2, 0.25) is 5.15 Å². The predicted molar refractivity (Wildman–Crippen MR) is 111 cm³/mol. The largest absolute Gasteiger partial charge is 0.319 e. The topological polar surface area (TPSA) is 76.9 Å². The molecule has 3 heterocycles. The van der Waals surface area contributed by atoms with Gasteiger partial charge in [-0.15, -0.1) is 11.3 Å². The van der Waals surface area contributed by atoms with Crippen molar-refractivity contribution in [3.05, 3.63) is 86.5 Å². The molecule has 0 radical (unpaired) electrons. The number of hydrogen-bond donors (Lipinski definition) is 1. The molecular formula is C20H15ClN4O2S. The second-order valence-corrected chi connectivity index (χ2v) is 7.55. The third kappa shape index (κ3) is 3.42. The van der Waals surface area contributed by atoms with Crippen molar-refractivity contribution in [3.8, 4) is 0 Å². The molecule has 0 aliphatic carbocycles. The molecule has 3 aromatic heterocycles. The van der Waals surface area contributed by atoms with Gasteiger partial charge in [0.05, 0.1) is 28.8 Å². The molecule has 0 bridgehead atoms. The molecule has 140 valence electrons. The molecule has 0 unspecified atom stereocenters. The van der Waals surface area contributed by atoms with Crippen LogP contribution in [0.25, 0.3) is 10.2 Å². The van der Waals surface area contributed by atoms with Gasteiger partial charge in [-0.25, -0.2) is 9.97 Å². The SMILES string of the molecule is Cc1c(C(=O)Nc2cccnc2Cl)sc2ncn(Cc3ccccc3)c(=O)c12. The van der Waals surface area contributed by atoms with Gasteiger partial charge < -0.3 is 5.32 Å². The smallest absolute Gasteiger partial charge is 0.266 e. The van der Waals surface area contributed by atoms with Gasteiger partial charge in [0, 0.05) is 6.20 Å². The van der Waals surface area contributed by atoms with E-state index in [9.17, 15) is 9.59 Å². The van der Waals surface area contributed by atoms with E-state index in [1.54, 1.807) is 29.8 Å². The second kappa shape index (κ2) is 7.53. The number of anilines is 1. The number of rotatable bonds is 4. The summed E-state index contributed by atoms with van der Waals surface area (Å²) >= 11 is 7.20. The predicted octanol–water partition coefficient (Wildman–Crippen LogP) is 4.12. The molecule has 1 aromatic carbocycles. The molecule has 0 aliphatic heterocycles. The summed E-state index contributed by atoms with van der Waals surface area (Å²) in [6.45, 7) is 2.18. The first-order chi connectivity index (χ1) is 13.5. The molecule has 1 amide bonds. The zero-order chi connectivity index (χ0) is 19.7. The number of benzene rings is 1. The van der Waals surface area contributed by atoms with Gasteiger partial charge in [-0.2, -0.15) is 0 Å². The summed E-state index contributed by atoms with van der Waals surface area (Å²) in [6.07, 6.45) is 3.06. The first kappa shape index (κ1) is 18.3. The summed E-state index contributed by atoms with van der Waals surface area (Å²) in [5.74, 6) is -0.343. The van der Waals surface area contributed by atoms with Gasteiger partial charge in [0.15, 0.2) is 5.15 Å². The highest BCUT2D eigenvalue weighted by Crippen LogP contribution is 2.28. The van der Waals surface area contributed by atoms with E-state index in [-0.39, 0.29) is 16.6 Å². The van der Waals surface area contributed by atoms with Crippen LogP contribution in [0.4, 0.5) is 5.69 Å². The molecule has 0 atom stereocenters. The molecule has 0 saturated heterocycles. The van der Waals surface area contributed by atoms with E-state index in [4.69, 9.17) is 11.6 Å². The molecule has 0 saturated carbocycles. The van der Waals surface area contributed by atoms with Gasteiger partial charge in [0.1, 0.15) is 4.83 Å². The van der Waals surface area contributed by atoms with Crippen molar-refractivity contribution >= 4 is 44.7 Å². The summed E-state index contributed by atoms with van der Waals surface area (Å²) in [7, 11) is 0. The highest BCUT2D eigenvalue weighted by atomic mass is 35.5. The zero-order valence-corrected chi connectivity index (χ0v) is 16.4. The van der Waals surface area contributed by atoms with Crippen LogP contribution in [-0.2, 0) is 6.54 Å². The van der Waals surface area contributed by atoms with Crippen LogP contribution in [0.1, 0.15) is 20.8 Å². The highest BCUT2D eigenvalue weighted by Gasteiger charge is 2.20. The summed E-state index contributed by atoms with van der Waals surface area (Å²) < 4.78 is 1.55. The minimum atomic E-state index is -0.343. The molecular weight excluding hydrogens is 396 g/mol. The number of pyridine rings is 1. The van der Waals surface area contributed by atoms with Crippen molar-refractivity contribution in [2.24, 2.45) is 0 Å². The van der Waals surface area contributed by atoms with E-state index >= 15 is 0 Å². The summed E-state index contributed by atoms with van der Waals surface area (Å²) in [4.78, 5) is 35.0. The van der Waals surface area contributed by atoms with Gasteiger partial charge in [0.2, 0.25) is 0 Å². The zero-order valence-electron chi connectivity index (χ0n) is 14.8. The van der Waals surface area contributed by atoms with Crippen molar-refractivity contribution in [1.29, 1.82) is 0 Å². The quantitative estimate of drug-likeness (QED) is 0.513. The average molecular weight is 411 g/mol. The number of aryl methyl sites for hydroxylation is 1. The Labute approximate surface area is 169 Å². The lowest BCUT2D eigenvalue weighted by atomic mass is 10.2. The first-order valence-electron chi connectivity index (χ1n) is 8.49. The van der Waals surface area contributed by atoms with Crippen LogP contribution in [0.5, 0.6) is 0 Å². The number of nitrogens with zero attached hydrogens (tertiary/aromatic N) is 3. The first-order valence-corrected chi connectivity index (χ1v) is 9.68. The van der Waals surface area contributed by atoms with Gasteiger partial charge in [-0.05, 0) is 30.2 Å². The standard InChI is InChI=1S/C20H15ClN4O2S/c1-12-15-19(23-11-25(20(15)27)10-13-6-3-2-4-7-13)28-16(12)18(26)24-14-8-5-9-22-17(14)21/h2-9,11H,10H2,1H3,(H,24,26). The molecule has 0 spiro atoms. The van der Waals surface area contributed by atoms with Crippen molar-refractivity contribution in [3.63, 3.8) is 0 Å². The van der Waals surface area contributed by atoms with E-state index in [0.717, 1.165) is 5.56 Å². The van der Waals surface area contributed by atoms with Crippen molar-refractivity contribution in [1.82, 2.24) is 14.5 Å². The maximum atomic E-state index is 13.0. The van der Waals surface area contributed by atoms with Gasteiger partial charge in [-0.1, -0.05) is 41.9 Å². The van der Waals surface area contributed by atoms with Gasteiger partial charge in [-0.3, -0.25) is 14.2 Å². The van der Waals surface area contributed by atoms with Crippen molar-refractivity contribution in [2.75, 3.05) is 5.32 Å². The van der Waals surface area contributed by atoms with E-state index in [2.05, 4.69) is 15.3 Å². The molecule has 8 heteroatoms. The van der Waals surface area contributed by atoms with E-state index in [0.29, 0.717) is 32.9 Å². The monoisotopic (exact) mass is 410 g/mol. The second-order valence-electron chi connectivity index (χ2n) is 6.20. The van der Waals surface area contributed by atoms with Crippen LogP contribution in [-0.4, -0.2) is 20.4 Å². The third-order valence-electron chi connectivity index (χ3n) is 4.33. The fourth-order valence-electron chi connectivity index (χ4n) is 2.93. The van der Waals surface area contributed by atoms with E-state index in [1.165, 1.54) is 17.7 Å². The molecule has 4 rings (SSSR count). The number of aromatic nitrogens is 3. The summed E-state index contributed by atoms with van der Waals surface area (Å²) in [6, 6.07) is 13.0. The number of amides is 1. The Kier molecular flexibility index (Phi) is 4.93. The molecule has 1 N–H and O–H groups in total. The summed E-state index contributed by atoms with van der Waals surface area (Å²) in [5, 5.41) is 3.41. The minimum absolute atomic E-state index is 0.166. The Bertz CT molecular complexity index is 1230. The maximum absolute atomic E-state index is 13.0. The molecule has 6 nitrogen and oxygen atoms in total. The lowest BCUT2D eigenvalue weighted by molar-refractivity contribution is 0.103. The maximum Gasteiger partial charge on any atom is 0.266 e. The number of carbonyl (C=O) groups excluding carboxylic acids is 1. The fraction of sp³-hybridized carbons (Fsp3) is 0.100. The Morgan fingerprint density at radius 3 is 2.71 bits per heavy atom. The lowest BCUT2D eigenvalue weighted by Gasteiger charge is -2.06. The number of nitrogens with one attached hydrogen (secondary N) is 1. The number of halogens is 1. The van der Waals surface area contributed by atoms with Crippen LogP contribution in [0.3, 0.4) is 0 Å². The normalized spacial score (nSPS) is 10.9. The Morgan fingerprint density at radius 1 is 1.18 bits per heavy atom. The van der Waals surface area contributed by atoms with Crippen LogP contribution < -0.4 is 10.9 Å².